The summed E-state index contributed by atoms with van der Waals surface area (Å²) in [7, 11) is 0. The Hall–Kier alpha value is 0.237. The van der Waals surface area contributed by atoms with Crippen molar-refractivity contribution in [2.45, 2.75) is 18.9 Å². The molecule has 0 fully saturated rings. The van der Waals surface area contributed by atoms with Gasteiger partial charge in [-0.25, -0.2) is 4.39 Å². The zero-order valence-corrected chi connectivity index (χ0v) is 10.7. The molecule has 78 valence electrons. The van der Waals surface area contributed by atoms with Gasteiger partial charge in [0.1, 0.15) is 5.82 Å². The van der Waals surface area contributed by atoms with Crippen LogP contribution in [0.25, 0.3) is 0 Å². The van der Waals surface area contributed by atoms with Crippen LogP contribution >= 0.6 is 33.2 Å². The molecule has 1 aromatic rings. The van der Waals surface area contributed by atoms with E-state index >= 15 is 0 Å². The summed E-state index contributed by atoms with van der Waals surface area (Å²) in [6, 6.07) is 4.58. The molecular weight excluding hydrogens is 262 g/mol. The van der Waals surface area contributed by atoms with Crippen LogP contribution in [0.5, 0.6) is 0 Å². The maximum absolute atomic E-state index is 12.5. The molecule has 0 nitrogen and oxygen atoms in total. The minimum absolute atomic E-state index is 0.218. The molecule has 0 N–H and O–H groups in total. The number of rotatable bonds is 4. The van der Waals surface area contributed by atoms with Crippen LogP contribution in [0.1, 0.15) is 12.0 Å². The summed E-state index contributed by atoms with van der Waals surface area (Å²) in [5, 5.41) is 0. The molecule has 0 saturated carbocycles. The Bertz CT molecular complexity index is 281. The summed E-state index contributed by atoms with van der Waals surface area (Å²) in [5.74, 6) is -0.218. The minimum atomic E-state index is -2.48. The fourth-order valence-corrected chi connectivity index (χ4v) is 2.92. The Morgan fingerprint density at radius 3 is 2.14 bits per heavy atom. The summed E-state index contributed by atoms with van der Waals surface area (Å²) in [6.07, 6.45) is 1.68. The highest BCUT2D eigenvalue weighted by Gasteiger charge is 2.23. The third-order valence-electron chi connectivity index (χ3n) is 1.84. The monoisotopic (exact) mass is 270 g/mol. The van der Waals surface area contributed by atoms with E-state index in [1.807, 2.05) is 0 Å². The molecule has 0 aliphatic heterocycles. The molecule has 1 rings (SSSR count). The van der Waals surface area contributed by atoms with Crippen molar-refractivity contribution in [3.8, 4) is 0 Å². The first-order valence-corrected chi connectivity index (χ1v) is 9.53. The van der Waals surface area contributed by atoms with Crippen LogP contribution < -0.4 is 0 Å². The molecule has 0 saturated heterocycles. The van der Waals surface area contributed by atoms with Crippen molar-refractivity contribution in [2.24, 2.45) is 0 Å². The van der Waals surface area contributed by atoms with Gasteiger partial charge in [-0.05, 0) is 36.6 Å². The molecule has 0 aromatic heterocycles. The fraction of sp³-hybridized carbons (Fsp3) is 0.333. The molecular formula is C9H10Cl3FSi. The molecule has 0 heterocycles. The van der Waals surface area contributed by atoms with Crippen LogP contribution in [0.4, 0.5) is 4.39 Å². The first-order chi connectivity index (χ1) is 6.47. The highest BCUT2D eigenvalue weighted by Crippen LogP contribution is 2.27. The molecule has 0 aliphatic carbocycles. The van der Waals surface area contributed by atoms with Crippen LogP contribution in [0.2, 0.25) is 6.04 Å². The smallest absolute Gasteiger partial charge is 0.207 e. The molecule has 5 heteroatoms. The minimum Gasteiger partial charge on any atom is -0.207 e. The first kappa shape index (κ1) is 12.3. The predicted molar refractivity (Wildman–Crippen MR) is 62.8 cm³/mol. The molecule has 0 aliphatic rings. The quantitative estimate of drug-likeness (QED) is 0.562. The highest BCUT2D eigenvalue weighted by atomic mass is 35.8. The van der Waals surface area contributed by atoms with Crippen molar-refractivity contribution in [1.82, 2.24) is 0 Å². The van der Waals surface area contributed by atoms with Gasteiger partial charge in [-0.3, -0.25) is 0 Å². The Morgan fingerprint density at radius 2 is 1.64 bits per heavy atom. The van der Waals surface area contributed by atoms with Gasteiger partial charge >= 0.3 is 6.00 Å². The number of hydrogen-bond acceptors (Lipinski definition) is 0. The van der Waals surface area contributed by atoms with Gasteiger partial charge < -0.3 is 0 Å². The largest absolute Gasteiger partial charge is 0.341 e. The second-order valence-corrected chi connectivity index (χ2v) is 12.4. The van der Waals surface area contributed by atoms with E-state index in [9.17, 15) is 4.39 Å². The van der Waals surface area contributed by atoms with Crippen LogP contribution in [-0.2, 0) is 6.42 Å². The van der Waals surface area contributed by atoms with Crippen molar-refractivity contribution in [1.29, 1.82) is 0 Å². The van der Waals surface area contributed by atoms with E-state index < -0.39 is 6.00 Å². The average molecular weight is 272 g/mol. The maximum Gasteiger partial charge on any atom is 0.341 e. The van der Waals surface area contributed by atoms with Crippen LogP contribution in [0, 0.1) is 5.82 Å². The lowest BCUT2D eigenvalue weighted by Gasteiger charge is -2.06. The highest BCUT2D eigenvalue weighted by molar-refractivity contribution is 7.64. The van der Waals surface area contributed by atoms with Crippen LogP contribution in [0.3, 0.4) is 0 Å². The van der Waals surface area contributed by atoms with E-state index in [0.717, 1.165) is 18.4 Å². The van der Waals surface area contributed by atoms with Gasteiger partial charge in [-0.1, -0.05) is 12.1 Å². The van der Waals surface area contributed by atoms with Crippen molar-refractivity contribution >= 4 is 39.2 Å². The lowest BCUT2D eigenvalue weighted by atomic mass is 10.1. The van der Waals surface area contributed by atoms with Crippen molar-refractivity contribution < 1.29 is 4.39 Å². The molecule has 14 heavy (non-hydrogen) atoms. The van der Waals surface area contributed by atoms with Gasteiger partial charge in [0, 0.05) is 0 Å². The van der Waals surface area contributed by atoms with Crippen molar-refractivity contribution in [2.75, 3.05) is 0 Å². The van der Waals surface area contributed by atoms with E-state index in [2.05, 4.69) is 0 Å². The van der Waals surface area contributed by atoms with Gasteiger partial charge in [0.2, 0.25) is 0 Å². The Labute approximate surface area is 98.1 Å². The van der Waals surface area contributed by atoms with E-state index in [0.29, 0.717) is 6.04 Å². The Kier molecular flexibility index (Phi) is 4.71. The summed E-state index contributed by atoms with van der Waals surface area (Å²) in [6.45, 7) is 0. The third-order valence-corrected chi connectivity index (χ3v) is 4.46. The summed E-state index contributed by atoms with van der Waals surface area (Å²) >= 11 is 17.2. The van der Waals surface area contributed by atoms with Crippen molar-refractivity contribution in [3.63, 3.8) is 0 Å². The fourth-order valence-electron chi connectivity index (χ4n) is 1.14. The molecule has 0 unspecified atom stereocenters. The second-order valence-electron chi connectivity index (χ2n) is 3.10. The standard InChI is InChI=1S/C9H10Cl3FSi/c10-14(11,12)7-1-2-8-3-5-9(13)6-4-8/h3-6H,1-2,7H2. The van der Waals surface area contributed by atoms with E-state index in [1.165, 1.54) is 12.1 Å². The second kappa shape index (κ2) is 5.36. The summed E-state index contributed by atoms with van der Waals surface area (Å²) < 4.78 is 12.5. The molecule has 0 radical (unpaired) electrons. The Balaban J connectivity index is 2.35. The topological polar surface area (TPSA) is 0 Å². The SMILES string of the molecule is Fc1ccc(CCC[Si](Cl)(Cl)Cl)cc1. The van der Waals surface area contributed by atoms with E-state index in [1.54, 1.807) is 12.1 Å². The van der Waals surface area contributed by atoms with Crippen LogP contribution in [-0.4, -0.2) is 6.00 Å². The van der Waals surface area contributed by atoms with Gasteiger partial charge in [0.25, 0.3) is 0 Å². The summed E-state index contributed by atoms with van der Waals surface area (Å²) in [4.78, 5) is 0. The zero-order chi connectivity index (χ0) is 10.6. The normalized spacial score (nSPS) is 11.7. The van der Waals surface area contributed by atoms with Gasteiger partial charge in [-0.2, -0.15) is 0 Å². The number of aryl methyl sites for hydroxylation is 1. The molecule has 0 spiro atoms. The Morgan fingerprint density at radius 1 is 1.07 bits per heavy atom. The number of halogens is 4. The number of benzene rings is 1. The van der Waals surface area contributed by atoms with E-state index in [4.69, 9.17) is 33.2 Å². The van der Waals surface area contributed by atoms with Crippen LogP contribution in [0.15, 0.2) is 24.3 Å². The lowest BCUT2D eigenvalue weighted by molar-refractivity contribution is 0.627. The van der Waals surface area contributed by atoms with Gasteiger partial charge in [-0.15, -0.1) is 33.2 Å². The predicted octanol–water partition coefficient (Wildman–Crippen LogP) is 4.41. The zero-order valence-electron chi connectivity index (χ0n) is 7.44. The lowest BCUT2D eigenvalue weighted by Crippen LogP contribution is -2.08. The first-order valence-electron chi connectivity index (χ1n) is 4.28. The van der Waals surface area contributed by atoms with Gasteiger partial charge in [0.15, 0.2) is 0 Å². The summed E-state index contributed by atoms with van der Waals surface area (Å²) in [5.41, 5.74) is 1.08. The average Bonchev–Trinajstić information content (AvgIpc) is 2.06. The molecule has 1 aromatic carbocycles. The van der Waals surface area contributed by atoms with Crippen molar-refractivity contribution in [3.05, 3.63) is 35.6 Å². The third kappa shape index (κ3) is 5.20. The molecule has 0 amide bonds. The molecule has 0 bridgehead atoms. The van der Waals surface area contributed by atoms with Gasteiger partial charge in [0.05, 0.1) is 0 Å². The number of hydrogen-bond donors (Lipinski definition) is 0. The van der Waals surface area contributed by atoms with E-state index in [-0.39, 0.29) is 5.82 Å². The molecule has 0 atom stereocenters. The maximum atomic E-state index is 12.5.